The third-order valence-electron chi connectivity index (χ3n) is 5.40. The summed E-state index contributed by atoms with van der Waals surface area (Å²) >= 11 is 1.56. The van der Waals surface area contributed by atoms with E-state index in [-0.39, 0.29) is 0 Å². The Morgan fingerprint density at radius 3 is 2.67 bits per heavy atom. The lowest BCUT2D eigenvalue weighted by Gasteiger charge is -2.45. The highest BCUT2D eigenvalue weighted by Gasteiger charge is 2.43. The maximum Gasteiger partial charge on any atom is 0.180 e. The minimum Gasteiger partial charge on any atom is -0.375 e. The fourth-order valence-electron chi connectivity index (χ4n) is 4.07. The van der Waals surface area contributed by atoms with Gasteiger partial charge in [0.25, 0.3) is 0 Å². The van der Waals surface area contributed by atoms with Gasteiger partial charge in [-0.1, -0.05) is 25.1 Å². The summed E-state index contributed by atoms with van der Waals surface area (Å²) < 4.78 is 0. The fraction of sp³-hybridized carbons (Fsp3) is 0.500. The SMILES string of the molecule is CC1(c2ccc3c(c2)CCCC3)CC(c2csc(N)n2)C1. The number of nitrogens with two attached hydrogens (primary N) is 1. The quantitative estimate of drug-likeness (QED) is 0.890. The molecule has 4 rings (SSSR count). The molecule has 2 aromatic rings. The minimum absolute atomic E-state index is 0.329. The molecule has 0 spiro atoms. The highest BCUT2D eigenvalue weighted by atomic mass is 32.1. The Morgan fingerprint density at radius 1 is 1.19 bits per heavy atom. The van der Waals surface area contributed by atoms with Gasteiger partial charge in [-0.05, 0) is 60.6 Å². The van der Waals surface area contributed by atoms with Crippen LogP contribution in [0.15, 0.2) is 23.6 Å². The van der Waals surface area contributed by atoms with Gasteiger partial charge in [-0.2, -0.15) is 0 Å². The van der Waals surface area contributed by atoms with Gasteiger partial charge < -0.3 is 5.73 Å². The summed E-state index contributed by atoms with van der Waals surface area (Å²) in [6.07, 6.45) is 7.66. The van der Waals surface area contributed by atoms with Crippen molar-refractivity contribution in [2.45, 2.75) is 56.8 Å². The van der Waals surface area contributed by atoms with Crippen LogP contribution in [0.3, 0.4) is 0 Å². The van der Waals surface area contributed by atoms with Crippen LogP contribution in [0.4, 0.5) is 5.13 Å². The second kappa shape index (κ2) is 4.84. The maximum atomic E-state index is 5.76. The molecule has 2 nitrogen and oxygen atoms in total. The second-order valence-electron chi connectivity index (χ2n) is 6.97. The van der Waals surface area contributed by atoms with Crippen LogP contribution < -0.4 is 5.73 Å². The lowest BCUT2D eigenvalue weighted by atomic mass is 9.59. The van der Waals surface area contributed by atoms with Crippen LogP contribution in [0.5, 0.6) is 0 Å². The topological polar surface area (TPSA) is 38.9 Å². The average Bonchev–Trinajstić information content (AvgIpc) is 2.89. The Bertz CT molecular complexity index is 668. The highest BCUT2D eigenvalue weighted by Crippen LogP contribution is 2.52. The van der Waals surface area contributed by atoms with Gasteiger partial charge in [0.1, 0.15) is 0 Å². The van der Waals surface area contributed by atoms with Crippen LogP contribution in [0.1, 0.15) is 60.9 Å². The molecule has 0 saturated heterocycles. The second-order valence-corrected chi connectivity index (χ2v) is 7.86. The first-order valence-corrected chi connectivity index (χ1v) is 8.85. The van der Waals surface area contributed by atoms with Crippen molar-refractivity contribution in [3.63, 3.8) is 0 Å². The van der Waals surface area contributed by atoms with Gasteiger partial charge in [0.15, 0.2) is 5.13 Å². The van der Waals surface area contributed by atoms with Crippen LogP contribution in [0.2, 0.25) is 0 Å². The first kappa shape index (κ1) is 13.3. The summed E-state index contributed by atoms with van der Waals surface area (Å²) in [6, 6.07) is 7.24. The van der Waals surface area contributed by atoms with E-state index in [1.165, 1.54) is 49.8 Å². The van der Waals surface area contributed by atoms with E-state index in [2.05, 4.69) is 35.5 Å². The van der Waals surface area contributed by atoms with Gasteiger partial charge in [-0.15, -0.1) is 11.3 Å². The van der Waals surface area contributed by atoms with Crippen LogP contribution in [-0.2, 0) is 18.3 Å². The van der Waals surface area contributed by atoms with Crippen molar-refractivity contribution < 1.29 is 0 Å². The van der Waals surface area contributed by atoms with Crippen molar-refractivity contribution in [2.75, 3.05) is 5.73 Å². The van der Waals surface area contributed by atoms with E-state index in [1.54, 1.807) is 22.5 Å². The molecule has 2 N–H and O–H groups in total. The zero-order chi connectivity index (χ0) is 14.4. The molecule has 0 radical (unpaired) electrons. The summed E-state index contributed by atoms with van der Waals surface area (Å²) in [5, 5.41) is 2.83. The van der Waals surface area contributed by atoms with E-state index in [1.807, 2.05) is 0 Å². The van der Waals surface area contributed by atoms with Gasteiger partial charge in [-0.3, -0.25) is 0 Å². The van der Waals surface area contributed by atoms with E-state index >= 15 is 0 Å². The molecule has 1 saturated carbocycles. The zero-order valence-electron chi connectivity index (χ0n) is 12.6. The smallest absolute Gasteiger partial charge is 0.180 e. The van der Waals surface area contributed by atoms with Gasteiger partial charge in [0, 0.05) is 11.3 Å². The Kier molecular flexibility index (Phi) is 3.07. The molecule has 1 aromatic heterocycles. The van der Waals surface area contributed by atoms with Crippen molar-refractivity contribution in [3.8, 4) is 0 Å². The lowest BCUT2D eigenvalue weighted by molar-refractivity contribution is 0.221. The number of hydrogen-bond donors (Lipinski definition) is 1. The molecule has 0 unspecified atom stereocenters. The molecule has 2 aliphatic carbocycles. The summed E-state index contributed by atoms with van der Waals surface area (Å²) in [4.78, 5) is 4.46. The third kappa shape index (κ3) is 2.28. The number of benzene rings is 1. The molecule has 21 heavy (non-hydrogen) atoms. The predicted octanol–water partition coefficient (Wildman–Crippen LogP) is 4.44. The van der Waals surface area contributed by atoms with Gasteiger partial charge in [-0.25, -0.2) is 4.98 Å². The molecule has 2 aliphatic rings. The normalized spacial score (nSPS) is 28.0. The Morgan fingerprint density at radius 2 is 1.95 bits per heavy atom. The number of rotatable bonds is 2. The van der Waals surface area contributed by atoms with Crippen LogP contribution in [0, 0.1) is 0 Å². The molecule has 1 heterocycles. The Labute approximate surface area is 130 Å². The lowest BCUT2D eigenvalue weighted by Crippen LogP contribution is -2.37. The summed E-state index contributed by atoms with van der Waals surface area (Å²) in [5.74, 6) is 0.597. The van der Waals surface area contributed by atoms with Gasteiger partial charge in [0.05, 0.1) is 5.69 Å². The van der Waals surface area contributed by atoms with Crippen molar-refractivity contribution in [2.24, 2.45) is 0 Å². The molecule has 110 valence electrons. The van der Waals surface area contributed by atoms with E-state index in [0.29, 0.717) is 16.5 Å². The highest BCUT2D eigenvalue weighted by molar-refractivity contribution is 7.13. The zero-order valence-corrected chi connectivity index (χ0v) is 13.4. The minimum atomic E-state index is 0.329. The average molecular weight is 298 g/mol. The number of nitrogen functional groups attached to an aromatic ring is 1. The van der Waals surface area contributed by atoms with Crippen LogP contribution >= 0.6 is 11.3 Å². The van der Waals surface area contributed by atoms with Gasteiger partial charge >= 0.3 is 0 Å². The standard InChI is InChI=1S/C18H22N2S/c1-18(9-14(10-18)16-11-21-17(19)20-16)15-7-6-12-4-2-3-5-13(12)8-15/h6-8,11,14H,2-5,9-10H2,1H3,(H2,19,20). The molecular weight excluding hydrogens is 276 g/mol. The molecule has 3 heteroatoms. The van der Waals surface area contributed by atoms with E-state index < -0.39 is 0 Å². The number of hydrogen-bond acceptors (Lipinski definition) is 3. The Hall–Kier alpha value is -1.35. The molecule has 0 bridgehead atoms. The monoisotopic (exact) mass is 298 g/mol. The number of aryl methyl sites for hydroxylation is 2. The number of anilines is 1. The van der Waals surface area contributed by atoms with Gasteiger partial charge in [0.2, 0.25) is 0 Å². The summed E-state index contributed by atoms with van der Waals surface area (Å²) in [5.41, 5.74) is 12.0. The first-order chi connectivity index (χ1) is 10.1. The van der Waals surface area contributed by atoms with E-state index in [9.17, 15) is 0 Å². The number of nitrogens with zero attached hydrogens (tertiary/aromatic N) is 1. The first-order valence-electron chi connectivity index (χ1n) is 7.97. The van der Waals surface area contributed by atoms with E-state index in [0.717, 1.165) is 0 Å². The summed E-state index contributed by atoms with van der Waals surface area (Å²) in [6.45, 7) is 2.41. The van der Waals surface area contributed by atoms with Crippen LogP contribution in [-0.4, -0.2) is 4.98 Å². The summed E-state index contributed by atoms with van der Waals surface area (Å²) in [7, 11) is 0. The number of aromatic nitrogens is 1. The van der Waals surface area contributed by atoms with Crippen LogP contribution in [0.25, 0.3) is 0 Å². The largest absolute Gasteiger partial charge is 0.375 e. The number of fused-ring (bicyclic) bond motifs is 1. The van der Waals surface area contributed by atoms with E-state index in [4.69, 9.17) is 5.73 Å². The van der Waals surface area contributed by atoms with Crippen molar-refractivity contribution in [1.29, 1.82) is 0 Å². The fourth-order valence-corrected chi connectivity index (χ4v) is 4.71. The van der Waals surface area contributed by atoms with Crippen molar-refractivity contribution in [3.05, 3.63) is 46.0 Å². The van der Waals surface area contributed by atoms with Crippen molar-refractivity contribution >= 4 is 16.5 Å². The molecule has 0 amide bonds. The Balaban J connectivity index is 1.54. The molecule has 0 aliphatic heterocycles. The molecule has 1 fully saturated rings. The predicted molar refractivity (Wildman–Crippen MR) is 88.9 cm³/mol. The molecule has 0 atom stereocenters. The number of thiazole rings is 1. The molecular formula is C18H22N2S. The maximum absolute atomic E-state index is 5.76. The third-order valence-corrected chi connectivity index (χ3v) is 6.09. The molecule has 1 aromatic carbocycles. The van der Waals surface area contributed by atoms with Crippen molar-refractivity contribution in [1.82, 2.24) is 4.98 Å².